The highest BCUT2D eigenvalue weighted by atomic mass is 32.2. The highest BCUT2D eigenvalue weighted by Crippen LogP contribution is 2.24. The molecule has 0 aromatic carbocycles. The predicted octanol–water partition coefficient (Wildman–Crippen LogP) is 3.13. The maximum absolute atomic E-state index is 3.45. The smallest absolute Gasteiger partial charge is 0.00955 e. The number of hydrogen-bond donors (Lipinski definition) is 1. The number of hydrogen-bond acceptors (Lipinski definition) is 3. The van der Waals surface area contributed by atoms with Gasteiger partial charge in [-0.3, -0.25) is 4.90 Å². The van der Waals surface area contributed by atoms with Gasteiger partial charge in [0, 0.05) is 23.6 Å². The predicted molar refractivity (Wildman–Crippen MR) is 82.5 cm³/mol. The second kappa shape index (κ2) is 8.44. The highest BCUT2D eigenvalue weighted by molar-refractivity contribution is 7.99. The quantitative estimate of drug-likeness (QED) is 0.798. The number of piperidine rings is 2. The minimum Gasteiger partial charge on any atom is -0.317 e. The van der Waals surface area contributed by atoms with E-state index in [0.29, 0.717) is 0 Å². The van der Waals surface area contributed by atoms with Crippen molar-refractivity contribution in [2.75, 3.05) is 31.9 Å². The Bertz CT molecular complexity index is 215. The summed E-state index contributed by atoms with van der Waals surface area (Å²) in [5, 5.41) is 4.39. The molecule has 0 radical (unpaired) electrons. The molecule has 0 aromatic heterocycles. The molecule has 2 aliphatic heterocycles. The van der Waals surface area contributed by atoms with Crippen LogP contribution in [0.4, 0.5) is 0 Å². The first-order chi connectivity index (χ1) is 8.90. The molecule has 0 saturated carbocycles. The first-order valence-corrected chi connectivity index (χ1v) is 9.01. The van der Waals surface area contributed by atoms with Crippen LogP contribution in [0.15, 0.2) is 0 Å². The molecule has 3 heteroatoms. The molecular formula is C15H30N2S. The fourth-order valence-corrected chi connectivity index (χ4v) is 4.56. The zero-order valence-electron chi connectivity index (χ0n) is 12.0. The second-order valence-electron chi connectivity index (χ2n) is 5.79. The van der Waals surface area contributed by atoms with Crippen molar-refractivity contribution in [3.63, 3.8) is 0 Å². The summed E-state index contributed by atoms with van der Waals surface area (Å²) >= 11 is 2.23. The van der Waals surface area contributed by atoms with Crippen molar-refractivity contribution in [1.82, 2.24) is 10.2 Å². The number of likely N-dealkylation sites (tertiary alicyclic amines) is 1. The van der Waals surface area contributed by atoms with E-state index >= 15 is 0 Å². The monoisotopic (exact) mass is 270 g/mol. The summed E-state index contributed by atoms with van der Waals surface area (Å²) in [6.07, 6.45) is 9.86. The van der Waals surface area contributed by atoms with Crippen LogP contribution in [0.1, 0.15) is 51.9 Å². The Kier molecular flexibility index (Phi) is 6.88. The van der Waals surface area contributed by atoms with Crippen LogP contribution >= 0.6 is 11.8 Å². The van der Waals surface area contributed by atoms with E-state index in [1.807, 2.05) is 0 Å². The van der Waals surface area contributed by atoms with Gasteiger partial charge in [0.05, 0.1) is 0 Å². The van der Waals surface area contributed by atoms with Crippen molar-refractivity contribution in [2.45, 2.75) is 63.2 Å². The molecule has 2 heterocycles. The summed E-state index contributed by atoms with van der Waals surface area (Å²) in [5.74, 6) is 1.35. The summed E-state index contributed by atoms with van der Waals surface area (Å²) in [7, 11) is 0. The molecule has 0 spiro atoms. The molecule has 2 saturated heterocycles. The molecule has 18 heavy (non-hydrogen) atoms. The van der Waals surface area contributed by atoms with E-state index in [1.165, 1.54) is 76.9 Å². The van der Waals surface area contributed by atoms with Crippen LogP contribution in [0.3, 0.4) is 0 Å². The Morgan fingerprint density at radius 2 is 2.00 bits per heavy atom. The third kappa shape index (κ3) is 4.75. The molecule has 2 rings (SSSR count). The van der Waals surface area contributed by atoms with Gasteiger partial charge in [-0.2, -0.15) is 11.8 Å². The van der Waals surface area contributed by atoms with Gasteiger partial charge in [-0.1, -0.05) is 19.8 Å². The van der Waals surface area contributed by atoms with Gasteiger partial charge in [0.2, 0.25) is 0 Å². The third-order valence-corrected chi connectivity index (χ3v) is 5.75. The SMILES string of the molecule is CCCC1CCCCN1CCSC1CCNCC1. The van der Waals surface area contributed by atoms with Crippen LogP contribution in [0.25, 0.3) is 0 Å². The van der Waals surface area contributed by atoms with Gasteiger partial charge < -0.3 is 5.32 Å². The van der Waals surface area contributed by atoms with E-state index < -0.39 is 0 Å². The third-order valence-electron chi connectivity index (χ3n) is 4.39. The van der Waals surface area contributed by atoms with Crippen LogP contribution < -0.4 is 5.32 Å². The van der Waals surface area contributed by atoms with Crippen molar-refractivity contribution in [3.05, 3.63) is 0 Å². The number of nitrogens with zero attached hydrogens (tertiary/aromatic N) is 1. The lowest BCUT2D eigenvalue weighted by molar-refractivity contribution is 0.148. The minimum atomic E-state index is 0.900. The Morgan fingerprint density at radius 3 is 2.78 bits per heavy atom. The Hall–Kier alpha value is 0.270. The summed E-state index contributed by atoms with van der Waals surface area (Å²) in [5.41, 5.74) is 0. The molecule has 0 bridgehead atoms. The molecule has 2 aliphatic rings. The maximum Gasteiger partial charge on any atom is 0.00955 e. The van der Waals surface area contributed by atoms with Gasteiger partial charge in [-0.15, -0.1) is 0 Å². The Labute approximate surface area is 117 Å². The van der Waals surface area contributed by atoms with Gasteiger partial charge in [-0.25, -0.2) is 0 Å². The minimum absolute atomic E-state index is 0.900. The van der Waals surface area contributed by atoms with Crippen LogP contribution in [-0.2, 0) is 0 Å². The van der Waals surface area contributed by atoms with Crippen LogP contribution in [0, 0.1) is 0 Å². The normalized spacial score (nSPS) is 27.5. The number of thioether (sulfide) groups is 1. The zero-order chi connectivity index (χ0) is 12.6. The van der Waals surface area contributed by atoms with Crippen molar-refractivity contribution in [1.29, 1.82) is 0 Å². The molecule has 106 valence electrons. The lowest BCUT2D eigenvalue weighted by Crippen LogP contribution is -2.41. The van der Waals surface area contributed by atoms with E-state index in [9.17, 15) is 0 Å². The maximum atomic E-state index is 3.45. The molecular weight excluding hydrogens is 240 g/mol. The first-order valence-electron chi connectivity index (χ1n) is 7.96. The molecule has 0 amide bonds. The Balaban J connectivity index is 1.64. The van der Waals surface area contributed by atoms with Crippen molar-refractivity contribution >= 4 is 11.8 Å². The Morgan fingerprint density at radius 1 is 1.17 bits per heavy atom. The summed E-state index contributed by atoms with van der Waals surface area (Å²) in [6.45, 7) is 7.49. The van der Waals surface area contributed by atoms with Crippen molar-refractivity contribution in [2.24, 2.45) is 0 Å². The first kappa shape index (κ1) is 14.7. The fraction of sp³-hybridized carbons (Fsp3) is 1.00. The average Bonchev–Trinajstić information content (AvgIpc) is 2.42. The van der Waals surface area contributed by atoms with Crippen molar-refractivity contribution in [3.8, 4) is 0 Å². The second-order valence-corrected chi connectivity index (χ2v) is 7.20. The largest absolute Gasteiger partial charge is 0.317 e. The molecule has 1 unspecified atom stereocenters. The van der Waals surface area contributed by atoms with Gasteiger partial charge in [0.1, 0.15) is 0 Å². The van der Waals surface area contributed by atoms with E-state index in [1.54, 1.807) is 0 Å². The molecule has 1 N–H and O–H groups in total. The number of nitrogens with one attached hydrogen (secondary N) is 1. The number of rotatable bonds is 6. The average molecular weight is 270 g/mol. The van der Waals surface area contributed by atoms with E-state index in [0.717, 1.165) is 11.3 Å². The van der Waals surface area contributed by atoms with Crippen LogP contribution in [0.5, 0.6) is 0 Å². The van der Waals surface area contributed by atoms with E-state index in [-0.39, 0.29) is 0 Å². The van der Waals surface area contributed by atoms with Gasteiger partial charge in [0.15, 0.2) is 0 Å². The van der Waals surface area contributed by atoms with E-state index in [4.69, 9.17) is 0 Å². The summed E-state index contributed by atoms with van der Waals surface area (Å²) < 4.78 is 0. The standard InChI is InChI=1S/C15H30N2S/c1-2-5-14-6-3-4-11-17(14)12-13-18-15-7-9-16-10-8-15/h14-16H,2-13H2,1H3. The topological polar surface area (TPSA) is 15.3 Å². The van der Waals surface area contributed by atoms with Gasteiger partial charge in [-0.05, 0) is 51.7 Å². The molecule has 2 fully saturated rings. The van der Waals surface area contributed by atoms with Crippen LogP contribution in [-0.4, -0.2) is 48.1 Å². The molecule has 0 aromatic rings. The summed E-state index contributed by atoms with van der Waals surface area (Å²) in [4.78, 5) is 2.78. The highest BCUT2D eigenvalue weighted by Gasteiger charge is 2.21. The molecule has 2 nitrogen and oxygen atoms in total. The molecule has 1 atom stereocenters. The summed E-state index contributed by atoms with van der Waals surface area (Å²) in [6, 6.07) is 0.900. The fourth-order valence-electron chi connectivity index (χ4n) is 3.31. The lowest BCUT2D eigenvalue weighted by Gasteiger charge is -2.36. The van der Waals surface area contributed by atoms with Crippen molar-refractivity contribution < 1.29 is 0 Å². The van der Waals surface area contributed by atoms with E-state index in [2.05, 4.69) is 28.9 Å². The molecule has 0 aliphatic carbocycles. The zero-order valence-corrected chi connectivity index (χ0v) is 12.8. The van der Waals surface area contributed by atoms with Gasteiger partial charge in [0.25, 0.3) is 0 Å². The van der Waals surface area contributed by atoms with Crippen LogP contribution in [0.2, 0.25) is 0 Å². The van der Waals surface area contributed by atoms with Gasteiger partial charge >= 0.3 is 0 Å². The lowest BCUT2D eigenvalue weighted by atomic mass is 9.98.